The van der Waals surface area contributed by atoms with E-state index in [1.807, 2.05) is 4.90 Å². The van der Waals surface area contributed by atoms with E-state index >= 15 is 0 Å². The maximum Gasteiger partial charge on any atom is 0.289 e. The summed E-state index contributed by atoms with van der Waals surface area (Å²) in [5.74, 6) is 0.377. The highest BCUT2D eigenvalue weighted by molar-refractivity contribution is 5.92. The molecule has 0 spiro atoms. The molecule has 1 N–H and O–H groups in total. The molecule has 0 bridgehead atoms. The molecule has 0 unspecified atom stereocenters. The molecule has 4 nitrogen and oxygen atoms in total. The van der Waals surface area contributed by atoms with Crippen molar-refractivity contribution >= 4 is 16.8 Å². The quantitative estimate of drug-likeness (QED) is 0.743. The fourth-order valence-electron chi connectivity index (χ4n) is 3.06. The zero-order valence-corrected chi connectivity index (χ0v) is 11.8. The van der Waals surface area contributed by atoms with Crippen LogP contribution in [0.15, 0.2) is 41.0 Å². The Hall–Kier alpha value is -2.49. The van der Waals surface area contributed by atoms with Gasteiger partial charge in [0.15, 0.2) is 5.76 Å². The number of hydrogen-bond acceptors (Lipinski definition) is 2. The Morgan fingerprint density at radius 3 is 3.05 bits per heavy atom. The van der Waals surface area contributed by atoms with Crippen molar-refractivity contribution in [1.29, 1.82) is 0 Å². The monoisotopic (exact) mass is 280 g/mol. The average Bonchev–Trinajstić information content (AvgIpc) is 3.13. The highest BCUT2D eigenvalue weighted by atomic mass is 16.3. The number of H-pyrrole nitrogens is 1. The molecule has 3 heterocycles. The molecule has 106 valence electrons. The first-order valence-corrected chi connectivity index (χ1v) is 7.15. The third kappa shape index (κ3) is 1.95. The molecule has 3 aromatic rings. The van der Waals surface area contributed by atoms with Crippen LogP contribution in [0.25, 0.3) is 10.9 Å². The van der Waals surface area contributed by atoms with Crippen LogP contribution >= 0.6 is 0 Å². The summed E-state index contributed by atoms with van der Waals surface area (Å²) < 4.78 is 5.23. The zero-order valence-electron chi connectivity index (χ0n) is 11.8. The van der Waals surface area contributed by atoms with Crippen molar-refractivity contribution in [2.75, 3.05) is 6.54 Å². The van der Waals surface area contributed by atoms with Crippen LogP contribution in [-0.4, -0.2) is 22.3 Å². The number of fused-ring (bicyclic) bond motifs is 3. The number of aryl methyl sites for hydroxylation is 1. The van der Waals surface area contributed by atoms with Gasteiger partial charge in [0, 0.05) is 41.7 Å². The number of nitrogens with one attached hydrogen (secondary N) is 1. The molecule has 0 saturated carbocycles. The molecule has 1 aliphatic heterocycles. The minimum atomic E-state index is -0.0346. The summed E-state index contributed by atoms with van der Waals surface area (Å²) in [5, 5.41) is 1.22. The van der Waals surface area contributed by atoms with Crippen molar-refractivity contribution in [2.24, 2.45) is 0 Å². The lowest BCUT2D eigenvalue weighted by Gasteiger charge is -2.26. The molecule has 1 aliphatic rings. The van der Waals surface area contributed by atoms with Gasteiger partial charge in [-0.2, -0.15) is 0 Å². The van der Waals surface area contributed by atoms with Gasteiger partial charge in [0.05, 0.1) is 6.26 Å². The van der Waals surface area contributed by atoms with Crippen molar-refractivity contribution < 1.29 is 9.21 Å². The molecule has 1 aromatic carbocycles. The molecule has 0 radical (unpaired) electrons. The Labute approximate surface area is 122 Å². The first kappa shape index (κ1) is 12.3. The summed E-state index contributed by atoms with van der Waals surface area (Å²) in [5.41, 5.74) is 4.87. The van der Waals surface area contributed by atoms with Gasteiger partial charge in [-0.25, -0.2) is 0 Å². The van der Waals surface area contributed by atoms with E-state index in [9.17, 15) is 4.79 Å². The molecule has 1 amide bonds. The first-order chi connectivity index (χ1) is 10.2. The largest absolute Gasteiger partial charge is 0.459 e. The Balaban J connectivity index is 1.72. The normalized spacial score (nSPS) is 14.4. The van der Waals surface area contributed by atoms with E-state index in [1.54, 1.807) is 12.1 Å². The summed E-state index contributed by atoms with van der Waals surface area (Å²) >= 11 is 0. The third-order valence-electron chi connectivity index (χ3n) is 4.15. The Bertz CT molecular complexity index is 815. The predicted molar refractivity (Wildman–Crippen MR) is 80.2 cm³/mol. The maximum atomic E-state index is 12.4. The highest BCUT2D eigenvalue weighted by Gasteiger charge is 2.25. The Morgan fingerprint density at radius 1 is 1.33 bits per heavy atom. The number of carbonyl (C=O) groups is 1. The van der Waals surface area contributed by atoms with Crippen LogP contribution in [0.5, 0.6) is 0 Å². The molecule has 0 fully saturated rings. The van der Waals surface area contributed by atoms with E-state index in [2.05, 4.69) is 30.1 Å². The molecular weight excluding hydrogens is 264 g/mol. The molecule has 2 aromatic heterocycles. The zero-order chi connectivity index (χ0) is 14.4. The number of benzene rings is 1. The molecule has 0 saturated heterocycles. The fraction of sp³-hybridized carbons (Fsp3) is 0.235. The number of carbonyl (C=O) groups excluding carboxylic acids is 1. The average molecular weight is 280 g/mol. The van der Waals surface area contributed by atoms with Gasteiger partial charge in [-0.1, -0.05) is 11.6 Å². The topological polar surface area (TPSA) is 49.2 Å². The Morgan fingerprint density at radius 2 is 2.24 bits per heavy atom. The van der Waals surface area contributed by atoms with E-state index < -0.39 is 0 Å². The van der Waals surface area contributed by atoms with Crippen LogP contribution in [0.4, 0.5) is 0 Å². The van der Waals surface area contributed by atoms with E-state index in [0.717, 1.165) is 18.5 Å². The second-order valence-electron chi connectivity index (χ2n) is 5.59. The van der Waals surface area contributed by atoms with Crippen LogP contribution in [0, 0.1) is 6.92 Å². The van der Waals surface area contributed by atoms with E-state index in [4.69, 9.17) is 4.42 Å². The van der Waals surface area contributed by atoms with Crippen molar-refractivity contribution in [3.8, 4) is 0 Å². The van der Waals surface area contributed by atoms with Crippen molar-refractivity contribution in [3.63, 3.8) is 0 Å². The maximum absolute atomic E-state index is 12.4. The minimum Gasteiger partial charge on any atom is -0.459 e. The van der Waals surface area contributed by atoms with Crippen molar-refractivity contribution in [1.82, 2.24) is 9.88 Å². The van der Waals surface area contributed by atoms with Crippen molar-refractivity contribution in [3.05, 3.63) is 59.2 Å². The molecule has 0 atom stereocenters. The van der Waals surface area contributed by atoms with Gasteiger partial charge in [-0.3, -0.25) is 4.79 Å². The first-order valence-electron chi connectivity index (χ1n) is 7.15. The summed E-state index contributed by atoms with van der Waals surface area (Å²) in [7, 11) is 0. The number of aromatic amines is 1. The number of nitrogens with zero attached hydrogens (tertiary/aromatic N) is 1. The van der Waals surface area contributed by atoms with Gasteiger partial charge in [-0.15, -0.1) is 0 Å². The standard InChI is InChI=1S/C17H16N2O2/c1-11-4-5-14-12(9-11)13-10-19(7-6-15(13)18-14)17(20)16-3-2-8-21-16/h2-5,8-9,18H,6-7,10H2,1H3. The SMILES string of the molecule is Cc1ccc2[nH]c3c(c2c1)CN(C(=O)c1ccco1)CC3. The Kier molecular flexibility index (Phi) is 2.64. The van der Waals surface area contributed by atoms with Crippen LogP contribution < -0.4 is 0 Å². The summed E-state index contributed by atoms with van der Waals surface area (Å²) in [4.78, 5) is 17.8. The number of hydrogen-bond donors (Lipinski definition) is 1. The van der Waals surface area contributed by atoms with Gasteiger partial charge in [0.1, 0.15) is 0 Å². The molecule has 4 rings (SSSR count). The summed E-state index contributed by atoms with van der Waals surface area (Å²) in [6, 6.07) is 9.87. The second kappa shape index (κ2) is 4.52. The van der Waals surface area contributed by atoms with E-state index in [0.29, 0.717) is 12.3 Å². The number of furan rings is 1. The minimum absolute atomic E-state index is 0.0346. The lowest BCUT2D eigenvalue weighted by atomic mass is 10.0. The number of amides is 1. The van der Waals surface area contributed by atoms with Gasteiger partial charge in [0.25, 0.3) is 5.91 Å². The van der Waals surface area contributed by atoms with Crippen molar-refractivity contribution in [2.45, 2.75) is 19.9 Å². The third-order valence-corrected chi connectivity index (χ3v) is 4.15. The lowest BCUT2D eigenvalue weighted by molar-refractivity contribution is 0.0703. The molecule has 4 heteroatoms. The smallest absolute Gasteiger partial charge is 0.289 e. The highest BCUT2D eigenvalue weighted by Crippen LogP contribution is 2.29. The second-order valence-corrected chi connectivity index (χ2v) is 5.59. The van der Waals surface area contributed by atoms with Crippen LogP contribution in [0.3, 0.4) is 0 Å². The molecular formula is C17H16N2O2. The molecule has 0 aliphatic carbocycles. The van der Waals surface area contributed by atoms with Crippen LogP contribution in [0.1, 0.15) is 27.4 Å². The van der Waals surface area contributed by atoms with Gasteiger partial charge < -0.3 is 14.3 Å². The number of aromatic nitrogens is 1. The van der Waals surface area contributed by atoms with Crippen LogP contribution in [0.2, 0.25) is 0 Å². The van der Waals surface area contributed by atoms with Gasteiger partial charge in [0.2, 0.25) is 0 Å². The van der Waals surface area contributed by atoms with Gasteiger partial charge >= 0.3 is 0 Å². The van der Waals surface area contributed by atoms with Gasteiger partial charge in [-0.05, 0) is 31.2 Å². The van der Waals surface area contributed by atoms with E-state index in [1.165, 1.54) is 28.5 Å². The lowest BCUT2D eigenvalue weighted by Crippen LogP contribution is -2.35. The van der Waals surface area contributed by atoms with E-state index in [-0.39, 0.29) is 5.91 Å². The molecule has 21 heavy (non-hydrogen) atoms. The van der Waals surface area contributed by atoms with Crippen LogP contribution in [-0.2, 0) is 13.0 Å². The fourth-order valence-corrected chi connectivity index (χ4v) is 3.06. The number of rotatable bonds is 1. The summed E-state index contributed by atoms with van der Waals surface area (Å²) in [6.45, 7) is 3.45. The summed E-state index contributed by atoms with van der Waals surface area (Å²) in [6.07, 6.45) is 2.40. The predicted octanol–water partition coefficient (Wildman–Crippen LogP) is 3.27.